The Labute approximate surface area is 600 Å². The van der Waals surface area contributed by atoms with Crippen molar-refractivity contribution in [1.29, 1.82) is 0 Å². The van der Waals surface area contributed by atoms with Crippen LogP contribution in [0.2, 0.25) is 0 Å². The summed E-state index contributed by atoms with van der Waals surface area (Å²) < 4.78 is 68.7. The van der Waals surface area contributed by atoms with Gasteiger partial charge in [0.05, 0.1) is 26.4 Å². The van der Waals surface area contributed by atoms with Crippen LogP contribution in [0.4, 0.5) is 0 Å². The molecule has 0 aliphatic heterocycles. The molecule has 0 saturated carbocycles. The lowest BCUT2D eigenvalue weighted by molar-refractivity contribution is -0.161. The third-order valence-electron chi connectivity index (χ3n) is 18.9. The lowest BCUT2D eigenvalue weighted by Crippen LogP contribution is -2.30. The van der Waals surface area contributed by atoms with Gasteiger partial charge in [-0.05, 0) is 31.6 Å². The summed E-state index contributed by atoms with van der Waals surface area (Å²) in [4.78, 5) is 73.0. The third kappa shape index (κ3) is 71.1. The molecule has 17 nitrogen and oxygen atoms in total. The number of rotatable bonds is 79. The van der Waals surface area contributed by atoms with Crippen LogP contribution in [0.5, 0.6) is 0 Å². The highest BCUT2D eigenvalue weighted by Crippen LogP contribution is 2.45. The highest BCUT2D eigenvalue weighted by Gasteiger charge is 2.30. The molecular weight excluding hydrogens is 1280 g/mol. The standard InChI is InChI=1S/C79H154O17P2/c1-6-10-13-16-19-22-25-28-31-32-33-36-39-42-45-48-55-60-64-78(83)95-74(68-89-76(81)62-57-52-46-43-40-37-34-29-26-23-20-17-14-11-7-2)70-93-97(85,86)91-66-73(80)67-92-98(87,88)94-71-75(69-90-77(82)63-58-53-50-49-51-56-61-72(5)9-4)96-79(84)65-59-54-47-44-41-38-35-30-27-24-21-18-15-12-8-3/h72-75,80H,6-71H2,1-5H3,(H,85,86)(H,87,88)/t72?,73-,74-,75-/m1/s1. The number of ether oxygens (including phenoxy) is 4. The van der Waals surface area contributed by atoms with Gasteiger partial charge in [0.1, 0.15) is 19.3 Å². The van der Waals surface area contributed by atoms with E-state index in [2.05, 4.69) is 34.6 Å². The summed E-state index contributed by atoms with van der Waals surface area (Å²) in [6.07, 6.45) is 62.4. The molecule has 0 aromatic carbocycles. The molecule has 0 saturated heterocycles. The zero-order valence-corrected chi connectivity index (χ0v) is 65.7. The van der Waals surface area contributed by atoms with E-state index >= 15 is 0 Å². The maximum absolute atomic E-state index is 13.1. The van der Waals surface area contributed by atoms with E-state index in [0.29, 0.717) is 25.7 Å². The largest absolute Gasteiger partial charge is 0.472 e. The molecule has 0 aliphatic rings. The van der Waals surface area contributed by atoms with E-state index in [4.69, 9.17) is 37.0 Å². The van der Waals surface area contributed by atoms with Crippen molar-refractivity contribution in [2.45, 2.75) is 438 Å². The number of hydrogen-bond acceptors (Lipinski definition) is 15. The van der Waals surface area contributed by atoms with E-state index in [1.54, 1.807) is 0 Å². The third-order valence-corrected chi connectivity index (χ3v) is 20.8. The molecule has 0 aliphatic carbocycles. The molecule has 0 heterocycles. The van der Waals surface area contributed by atoms with Gasteiger partial charge >= 0.3 is 39.5 Å². The van der Waals surface area contributed by atoms with Crippen LogP contribution in [0, 0.1) is 5.92 Å². The highest BCUT2D eigenvalue weighted by molar-refractivity contribution is 7.47. The Morgan fingerprint density at radius 2 is 0.490 bits per heavy atom. The van der Waals surface area contributed by atoms with Gasteiger partial charge < -0.3 is 33.8 Å². The molecule has 19 heteroatoms. The van der Waals surface area contributed by atoms with Crippen molar-refractivity contribution in [3.63, 3.8) is 0 Å². The van der Waals surface area contributed by atoms with Crippen molar-refractivity contribution in [1.82, 2.24) is 0 Å². The average molecular weight is 1440 g/mol. The van der Waals surface area contributed by atoms with Gasteiger partial charge in [0.2, 0.25) is 0 Å². The lowest BCUT2D eigenvalue weighted by atomic mass is 10.00. The molecule has 3 N–H and O–H groups in total. The molecule has 0 spiro atoms. The first-order valence-electron chi connectivity index (χ1n) is 41.2. The minimum absolute atomic E-state index is 0.108. The molecule has 0 amide bonds. The molecule has 0 aromatic heterocycles. The van der Waals surface area contributed by atoms with Crippen LogP contribution < -0.4 is 0 Å². The van der Waals surface area contributed by atoms with Gasteiger partial charge in [-0.2, -0.15) is 0 Å². The maximum Gasteiger partial charge on any atom is 0.472 e. The van der Waals surface area contributed by atoms with Crippen molar-refractivity contribution >= 4 is 39.5 Å². The highest BCUT2D eigenvalue weighted by atomic mass is 31.2. The minimum Gasteiger partial charge on any atom is -0.462 e. The Bertz CT molecular complexity index is 1880. The van der Waals surface area contributed by atoms with Gasteiger partial charge in [-0.1, -0.05) is 369 Å². The molecule has 6 atom stereocenters. The summed E-state index contributed by atoms with van der Waals surface area (Å²) in [5, 5.41) is 10.6. The number of aliphatic hydroxyl groups excluding tert-OH is 1. The number of phosphoric acid groups is 2. The Balaban J connectivity index is 5.24. The second kappa shape index (κ2) is 72.0. The smallest absolute Gasteiger partial charge is 0.462 e. The Morgan fingerprint density at radius 3 is 0.724 bits per heavy atom. The summed E-state index contributed by atoms with van der Waals surface area (Å²) in [5.41, 5.74) is 0. The molecule has 0 fully saturated rings. The fourth-order valence-electron chi connectivity index (χ4n) is 12.2. The SMILES string of the molecule is CCCCCCCCCCCCCCCCCCCCC(=O)O[C@H](COC(=O)CCCCCCCCCCCCCCCCC)COP(=O)(O)OC[C@@H](O)COP(=O)(O)OC[C@@H](COC(=O)CCCCCCCCC(C)CC)OC(=O)CCCCCCCCCCCCCCCCC. The fraction of sp³-hybridized carbons (Fsp3) is 0.949. The van der Waals surface area contributed by atoms with Gasteiger partial charge in [0.25, 0.3) is 0 Å². The first-order valence-corrected chi connectivity index (χ1v) is 44.2. The van der Waals surface area contributed by atoms with Gasteiger partial charge in [0, 0.05) is 25.7 Å². The molecule has 3 unspecified atom stereocenters. The Hall–Kier alpha value is -1.94. The van der Waals surface area contributed by atoms with E-state index in [-0.39, 0.29) is 25.7 Å². The summed E-state index contributed by atoms with van der Waals surface area (Å²) in [5.74, 6) is -1.38. The van der Waals surface area contributed by atoms with Crippen LogP contribution in [0.25, 0.3) is 0 Å². The van der Waals surface area contributed by atoms with E-state index in [0.717, 1.165) is 102 Å². The van der Waals surface area contributed by atoms with E-state index in [9.17, 15) is 43.2 Å². The number of carbonyl (C=O) groups excluding carboxylic acids is 4. The zero-order valence-electron chi connectivity index (χ0n) is 63.9. The zero-order chi connectivity index (χ0) is 71.9. The quantitative estimate of drug-likeness (QED) is 0.0222. The van der Waals surface area contributed by atoms with Crippen LogP contribution in [0.15, 0.2) is 0 Å². The monoisotopic (exact) mass is 1440 g/mol. The van der Waals surface area contributed by atoms with Gasteiger partial charge in [-0.3, -0.25) is 37.3 Å². The van der Waals surface area contributed by atoms with Gasteiger partial charge in [-0.25, -0.2) is 9.13 Å². The van der Waals surface area contributed by atoms with Crippen molar-refractivity contribution in [2.24, 2.45) is 5.92 Å². The molecule has 98 heavy (non-hydrogen) atoms. The number of hydrogen-bond donors (Lipinski definition) is 3. The van der Waals surface area contributed by atoms with E-state index in [1.807, 2.05) is 0 Å². The second-order valence-corrected chi connectivity index (χ2v) is 31.6. The number of esters is 4. The first kappa shape index (κ1) is 96.1. The minimum atomic E-state index is -4.96. The van der Waals surface area contributed by atoms with Crippen LogP contribution in [0.1, 0.15) is 420 Å². The normalized spacial score (nSPS) is 14.2. The van der Waals surface area contributed by atoms with Crippen LogP contribution in [-0.2, 0) is 65.4 Å². The Kier molecular flexibility index (Phi) is 70.6. The number of carbonyl (C=O) groups is 4. The van der Waals surface area contributed by atoms with E-state index in [1.165, 1.54) is 238 Å². The van der Waals surface area contributed by atoms with Gasteiger partial charge in [0.15, 0.2) is 12.2 Å². The summed E-state index contributed by atoms with van der Waals surface area (Å²) in [7, 11) is -9.92. The predicted molar refractivity (Wildman–Crippen MR) is 400 cm³/mol. The second-order valence-electron chi connectivity index (χ2n) is 28.7. The van der Waals surface area contributed by atoms with Crippen molar-refractivity contribution < 1.29 is 80.2 Å². The number of aliphatic hydroxyl groups is 1. The molecule has 0 rings (SSSR count). The Morgan fingerprint density at radius 1 is 0.286 bits per heavy atom. The molecule has 0 aromatic rings. The maximum atomic E-state index is 13.1. The molecule has 582 valence electrons. The van der Waals surface area contributed by atoms with Crippen molar-refractivity contribution in [3.8, 4) is 0 Å². The number of phosphoric ester groups is 2. The molecule has 0 radical (unpaired) electrons. The molecular formula is C79H154O17P2. The summed E-state index contributed by atoms with van der Waals surface area (Å²) in [6.45, 7) is 7.29. The van der Waals surface area contributed by atoms with Crippen molar-refractivity contribution in [3.05, 3.63) is 0 Å². The van der Waals surface area contributed by atoms with Crippen LogP contribution in [0.3, 0.4) is 0 Å². The van der Waals surface area contributed by atoms with Crippen LogP contribution >= 0.6 is 15.6 Å². The van der Waals surface area contributed by atoms with E-state index < -0.39 is 97.5 Å². The fourth-order valence-corrected chi connectivity index (χ4v) is 13.8. The summed E-state index contributed by atoms with van der Waals surface area (Å²) >= 11 is 0. The van der Waals surface area contributed by atoms with Crippen LogP contribution in [-0.4, -0.2) is 96.7 Å². The topological polar surface area (TPSA) is 237 Å². The first-order chi connectivity index (χ1) is 47.6. The van der Waals surface area contributed by atoms with Gasteiger partial charge in [-0.15, -0.1) is 0 Å². The summed E-state index contributed by atoms with van der Waals surface area (Å²) in [6, 6.07) is 0. The average Bonchev–Trinajstić information content (AvgIpc) is 0.958. The molecule has 0 bridgehead atoms. The number of unbranched alkanes of at least 4 members (excludes halogenated alkanes) is 50. The lowest BCUT2D eigenvalue weighted by Gasteiger charge is -2.21. The van der Waals surface area contributed by atoms with Crippen molar-refractivity contribution in [2.75, 3.05) is 39.6 Å². The predicted octanol–water partition coefficient (Wildman–Crippen LogP) is 23.6.